The molecule has 0 aromatic rings. The Kier molecular flexibility index (Phi) is 4.34. The number of nitrogens with one attached hydrogen (secondary N) is 1. The summed E-state index contributed by atoms with van der Waals surface area (Å²) in [6.07, 6.45) is 11.5. The zero-order valence-corrected chi connectivity index (χ0v) is 13.0. The van der Waals surface area contributed by atoms with Gasteiger partial charge in [-0.15, -0.1) is 0 Å². The van der Waals surface area contributed by atoms with Gasteiger partial charge in [-0.2, -0.15) is 0 Å². The molecule has 0 radical (unpaired) electrons. The van der Waals surface area contributed by atoms with Crippen molar-refractivity contribution in [2.75, 3.05) is 19.6 Å². The van der Waals surface area contributed by atoms with E-state index in [0.29, 0.717) is 11.9 Å². The molecule has 0 spiro atoms. The van der Waals surface area contributed by atoms with E-state index in [0.717, 1.165) is 38.4 Å². The number of piperidine rings is 1. The van der Waals surface area contributed by atoms with E-state index in [2.05, 4.69) is 17.1 Å². The van der Waals surface area contributed by atoms with Gasteiger partial charge in [-0.05, 0) is 57.9 Å². The molecule has 3 nitrogen and oxygen atoms in total. The van der Waals surface area contributed by atoms with Gasteiger partial charge in [-0.25, -0.2) is 0 Å². The van der Waals surface area contributed by atoms with Crippen LogP contribution in [0.4, 0.5) is 0 Å². The minimum absolute atomic E-state index is 0.143. The van der Waals surface area contributed by atoms with Crippen molar-refractivity contribution in [1.29, 1.82) is 0 Å². The van der Waals surface area contributed by atoms with E-state index in [-0.39, 0.29) is 5.41 Å². The lowest BCUT2D eigenvalue weighted by Crippen LogP contribution is -2.52. The zero-order chi connectivity index (χ0) is 14.0. The van der Waals surface area contributed by atoms with Gasteiger partial charge in [-0.1, -0.05) is 19.3 Å². The number of hydrogen-bond acceptors (Lipinski definition) is 2. The number of amides is 1. The molecule has 20 heavy (non-hydrogen) atoms. The Morgan fingerprint density at radius 1 is 1.15 bits per heavy atom. The molecule has 3 aliphatic rings. The monoisotopic (exact) mass is 278 g/mol. The van der Waals surface area contributed by atoms with Gasteiger partial charge in [0.05, 0.1) is 5.41 Å². The van der Waals surface area contributed by atoms with Gasteiger partial charge in [-0.3, -0.25) is 4.79 Å². The lowest BCUT2D eigenvalue weighted by molar-refractivity contribution is -0.143. The Morgan fingerprint density at radius 2 is 1.90 bits per heavy atom. The summed E-state index contributed by atoms with van der Waals surface area (Å²) in [4.78, 5) is 15.3. The predicted molar refractivity (Wildman–Crippen MR) is 81.5 cm³/mol. The first-order chi connectivity index (χ1) is 9.69. The summed E-state index contributed by atoms with van der Waals surface area (Å²) in [7, 11) is 0. The third-order valence-electron chi connectivity index (χ3n) is 5.54. The highest BCUT2D eigenvalue weighted by Gasteiger charge is 2.43. The maximum atomic E-state index is 13.1. The van der Waals surface area contributed by atoms with Gasteiger partial charge in [0, 0.05) is 19.1 Å². The van der Waals surface area contributed by atoms with E-state index in [1.165, 1.54) is 44.9 Å². The molecule has 0 aromatic heterocycles. The summed E-state index contributed by atoms with van der Waals surface area (Å²) in [5.41, 5.74) is -0.143. The normalized spacial score (nSPS) is 32.0. The quantitative estimate of drug-likeness (QED) is 0.857. The molecule has 2 saturated carbocycles. The number of hydrogen-bond donors (Lipinski definition) is 1. The lowest BCUT2D eigenvalue weighted by atomic mass is 9.80. The maximum Gasteiger partial charge on any atom is 0.230 e. The van der Waals surface area contributed by atoms with Gasteiger partial charge in [0.2, 0.25) is 5.91 Å². The highest BCUT2D eigenvalue weighted by Crippen LogP contribution is 2.36. The third kappa shape index (κ3) is 3.19. The van der Waals surface area contributed by atoms with Crippen LogP contribution in [-0.4, -0.2) is 36.5 Å². The van der Waals surface area contributed by atoms with E-state index >= 15 is 0 Å². The molecule has 114 valence electrons. The average molecular weight is 278 g/mol. The van der Waals surface area contributed by atoms with Crippen molar-refractivity contribution in [2.24, 2.45) is 11.3 Å². The van der Waals surface area contributed by atoms with Crippen LogP contribution in [0, 0.1) is 11.3 Å². The van der Waals surface area contributed by atoms with Crippen LogP contribution in [0.2, 0.25) is 0 Å². The Hall–Kier alpha value is -0.570. The lowest BCUT2D eigenvalue weighted by Gasteiger charge is -2.39. The van der Waals surface area contributed by atoms with Crippen LogP contribution in [-0.2, 0) is 4.79 Å². The molecule has 3 rings (SSSR count). The molecule has 1 N–H and O–H groups in total. The Morgan fingerprint density at radius 3 is 2.50 bits per heavy atom. The van der Waals surface area contributed by atoms with Crippen LogP contribution in [0.25, 0.3) is 0 Å². The van der Waals surface area contributed by atoms with Crippen LogP contribution in [0.3, 0.4) is 0 Å². The maximum absolute atomic E-state index is 13.1. The van der Waals surface area contributed by atoms with Crippen molar-refractivity contribution < 1.29 is 4.79 Å². The fraction of sp³-hybridized carbons (Fsp3) is 0.941. The minimum Gasteiger partial charge on any atom is -0.339 e. The molecule has 0 bridgehead atoms. The summed E-state index contributed by atoms with van der Waals surface area (Å²) in [6.45, 7) is 5.17. The summed E-state index contributed by atoms with van der Waals surface area (Å²) < 4.78 is 0. The number of carbonyl (C=O) groups excluding carboxylic acids is 1. The highest BCUT2D eigenvalue weighted by atomic mass is 16.2. The van der Waals surface area contributed by atoms with Crippen molar-refractivity contribution in [2.45, 2.75) is 70.8 Å². The predicted octanol–water partition coefficient (Wildman–Crippen LogP) is 2.95. The van der Waals surface area contributed by atoms with E-state index in [4.69, 9.17) is 0 Å². The molecule has 1 atom stereocenters. The van der Waals surface area contributed by atoms with Gasteiger partial charge in [0.25, 0.3) is 0 Å². The molecule has 1 aliphatic heterocycles. The first-order valence-electron chi connectivity index (χ1n) is 8.71. The van der Waals surface area contributed by atoms with Crippen LogP contribution in [0.5, 0.6) is 0 Å². The second-order valence-corrected chi connectivity index (χ2v) is 7.53. The Bertz CT molecular complexity index is 339. The second-order valence-electron chi connectivity index (χ2n) is 7.53. The van der Waals surface area contributed by atoms with Crippen LogP contribution in [0.1, 0.15) is 64.7 Å². The topological polar surface area (TPSA) is 32.3 Å². The number of carbonyl (C=O) groups is 1. The molecule has 1 heterocycles. The molecule has 3 fully saturated rings. The molecular weight excluding hydrogens is 248 g/mol. The zero-order valence-electron chi connectivity index (χ0n) is 13.0. The third-order valence-corrected chi connectivity index (χ3v) is 5.54. The smallest absolute Gasteiger partial charge is 0.230 e. The summed E-state index contributed by atoms with van der Waals surface area (Å²) in [5.74, 6) is 1.21. The van der Waals surface area contributed by atoms with E-state index in [9.17, 15) is 4.79 Å². The summed E-state index contributed by atoms with van der Waals surface area (Å²) in [5, 5.41) is 3.43. The minimum atomic E-state index is -0.143. The van der Waals surface area contributed by atoms with Crippen molar-refractivity contribution in [3.63, 3.8) is 0 Å². The molecule has 0 aromatic carbocycles. The molecule has 1 saturated heterocycles. The standard InChI is InChI=1S/C17H30N2O/c1-17(10-5-11-18-13-17)16(20)19(15-8-9-15)12-14-6-3-2-4-7-14/h14-15,18H,2-13H2,1H3. The highest BCUT2D eigenvalue weighted by molar-refractivity contribution is 5.83. The van der Waals surface area contributed by atoms with Crippen molar-refractivity contribution >= 4 is 5.91 Å². The van der Waals surface area contributed by atoms with Gasteiger partial charge < -0.3 is 10.2 Å². The van der Waals surface area contributed by atoms with Crippen molar-refractivity contribution in [1.82, 2.24) is 10.2 Å². The van der Waals surface area contributed by atoms with Crippen LogP contribution >= 0.6 is 0 Å². The fourth-order valence-electron chi connectivity index (χ4n) is 4.02. The molecule has 3 heteroatoms. The van der Waals surface area contributed by atoms with Gasteiger partial charge in [0.1, 0.15) is 0 Å². The first kappa shape index (κ1) is 14.4. The summed E-state index contributed by atoms with van der Waals surface area (Å²) in [6, 6.07) is 0.572. The van der Waals surface area contributed by atoms with E-state index < -0.39 is 0 Å². The second kappa shape index (κ2) is 6.05. The van der Waals surface area contributed by atoms with E-state index in [1.54, 1.807) is 0 Å². The number of nitrogens with zero attached hydrogens (tertiary/aromatic N) is 1. The number of rotatable bonds is 4. The fourth-order valence-corrected chi connectivity index (χ4v) is 4.02. The van der Waals surface area contributed by atoms with Gasteiger partial charge >= 0.3 is 0 Å². The Balaban J connectivity index is 1.64. The molecule has 1 unspecified atom stereocenters. The largest absolute Gasteiger partial charge is 0.339 e. The van der Waals surface area contributed by atoms with Crippen LogP contribution in [0.15, 0.2) is 0 Å². The SMILES string of the molecule is CC1(C(=O)N(CC2CCCCC2)C2CC2)CCCNC1. The van der Waals surface area contributed by atoms with Crippen molar-refractivity contribution in [3.05, 3.63) is 0 Å². The van der Waals surface area contributed by atoms with Crippen LogP contribution < -0.4 is 5.32 Å². The Labute approximate surface area is 123 Å². The van der Waals surface area contributed by atoms with Crippen molar-refractivity contribution in [3.8, 4) is 0 Å². The molecular formula is C17H30N2O. The molecule has 1 amide bonds. The average Bonchev–Trinajstić information content (AvgIpc) is 3.30. The molecule has 2 aliphatic carbocycles. The van der Waals surface area contributed by atoms with E-state index in [1.807, 2.05) is 0 Å². The summed E-state index contributed by atoms with van der Waals surface area (Å²) >= 11 is 0. The first-order valence-corrected chi connectivity index (χ1v) is 8.71. The van der Waals surface area contributed by atoms with Gasteiger partial charge in [0.15, 0.2) is 0 Å².